The summed E-state index contributed by atoms with van der Waals surface area (Å²) in [6.45, 7) is 4.39. The Labute approximate surface area is 92.4 Å². The molecule has 15 heavy (non-hydrogen) atoms. The van der Waals surface area contributed by atoms with E-state index in [1.807, 2.05) is 13.8 Å². The molecule has 0 saturated carbocycles. The van der Waals surface area contributed by atoms with Gasteiger partial charge in [0.1, 0.15) is 0 Å². The number of hydrogen-bond acceptors (Lipinski definition) is 6. The minimum atomic E-state index is 0.0231. The zero-order valence-electron chi connectivity index (χ0n) is 8.78. The fourth-order valence-electron chi connectivity index (χ4n) is 0.984. The Balaban J connectivity index is 2.19. The Morgan fingerprint density at radius 1 is 1.60 bits per heavy atom. The minimum Gasteiger partial charge on any atom is -0.367 e. The lowest BCUT2D eigenvalue weighted by Gasteiger charge is -2.07. The van der Waals surface area contributed by atoms with Crippen molar-refractivity contribution >= 4 is 28.5 Å². The van der Waals surface area contributed by atoms with E-state index >= 15 is 0 Å². The van der Waals surface area contributed by atoms with Crippen LogP contribution < -0.4 is 16.4 Å². The highest BCUT2D eigenvalue weighted by Crippen LogP contribution is 2.11. The molecule has 1 rings (SSSR count). The largest absolute Gasteiger partial charge is 0.367 e. The van der Waals surface area contributed by atoms with Crippen LogP contribution in [-0.4, -0.2) is 27.9 Å². The molecule has 6 nitrogen and oxygen atoms in total. The first-order valence-electron chi connectivity index (χ1n) is 4.70. The SMILES string of the molecule is CC(C)NC(=O)CCNc1nc(N)ns1. The summed E-state index contributed by atoms with van der Waals surface area (Å²) in [6, 6.07) is 0.176. The Kier molecular flexibility index (Phi) is 4.29. The fourth-order valence-corrected chi connectivity index (χ4v) is 1.51. The van der Waals surface area contributed by atoms with Crippen LogP contribution in [0.5, 0.6) is 0 Å². The summed E-state index contributed by atoms with van der Waals surface area (Å²) in [7, 11) is 0. The van der Waals surface area contributed by atoms with Crippen molar-refractivity contribution < 1.29 is 4.79 Å². The van der Waals surface area contributed by atoms with Crippen molar-refractivity contribution in [1.29, 1.82) is 0 Å². The van der Waals surface area contributed by atoms with E-state index in [1.54, 1.807) is 0 Å². The van der Waals surface area contributed by atoms with Crippen molar-refractivity contribution in [3.63, 3.8) is 0 Å². The second kappa shape index (κ2) is 5.50. The third-order valence-electron chi connectivity index (χ3n) is 1.52. The average molecular weight is 229 g/mol. The minimum absolute atomic E-state index is 0.0231. The number of nitrogens with two attached hydrogens (primary N) is 1. The molecule has 0 bridgehead atoms. The Morgan fingerprint density at radius 2 is 2.33 bits per heavy atom. The standard InChI is InChI=1S/C8H15N5OS/c1-5(2)11-6(14)3-4-10-8-12-7(9)13-15-8/h5H,3-4H2,1-2H3,(H,11,14)(H3,9,10,12,13). The van der Waals surface area contributed by atoms with Gasteiger partial charge in [-0.05, 0) is 13.8 Å². The first-order valence-corrected chi connectivity index (χ1v) is 5.47. The first-order chi connectivity index (χ1) is 7.08. The van der Waals surface area contributed by atoms with Gasteiger partial charge in [0.15, 0.2) is 0 Å². The Bertz CT molecular complexity index is 325. The maximum atomic E-state index is 11.2. The zero-order valence-corrected chi connectivity index (χ0v) is 9.60. The molecule has 1 aromatic rings. The van der Waals surface area contributed by atoms with Crippen molar-refractivity contribution in [2.45, 2.75) is 26.3 Å². The van der Waals surface area contributed by atoms with E-state index in [4.69, 9.17) is 5.73 Å². The molecule has 0 aliphatic carbocycles. The van der Waals surface area contributed by atoms with Crippen LogP contribution in [0.25, 0.3) is 0 Å². The molecule has 0 aromatic carbocycles. The fraction of sp³-hybridized carbons (Fsp3) is 0.625. The molecule has 0 radical (unpaired) electrons. The number of aromatic nitrogens is 2. The van der Waals surface area contributed by atoms with Gasteiger partial charge in [0.25, 0.3) is 0 Å². The quantitative estimate of drug-likeness (QED) is 0.681. The molecule has 4 N–H and O–H groups in total. The molecule has 1 heterocycles. The highest BCUT2D eigenvalue weighted by molar-refractivity contribution is 7.09. The van der Waals surface area contributed by atoms with Crippen molar-refractivity contribution in [3.8, 4) is 0 Å². The number of carbonyl (C=O) groups is 1. The molecule has 0 atom stereocenters. The van der Waals surface area contributed by atoms with Crippen LogP contribution in [0.3, 0.4) is 0 Å². The normalized spacial score (nSPS) is 10.3. The van der Waals surface area contributed by atoms with Crippen molar-refractivity contribution in [3.05, 3.63) is 0 Å². The monoisotopic (exact) mass is 229 g/mol. The molecule has 1 aromatic heterocycles. The number of amides is 1. The second-order valence-corrected chi connectivity index (χ2v) is 4.11. The molecular formula is C8H15N5OS. The number of rotatable bonds is 5. The van der Waals surface area contributed by atoms with Crippen LogP contribution >= 0.6 is 11.5 Å². The van der Waals surface area contributed by atoms with Crippen LogP contribution in [0.2, 0.25) is 0 Å². The van der Waals surface area contributed by atoms with Crippen molar-refractivity contribution in [2.75, 3.05) is 17.6 Å². The molecule has 0 unspecified atom stereocenters. The van der Waals surface area contributed by atoms with Gasteiger partial charge in [0, 0.05) is 30.5 Å². The summed E-state index contributed by atoms with van der Waals surface area (Å²) in [5.74, 6) is 0.282. The maximum Gasteiger partial charge on any atom is 0.233 e. The van der Waals surface area contributed by atoms with Crippen LogP contribution in [0.15, 0.2) is 0 Å². The molecule has 1 amide bonds. The third-order valence-corrected chi connectivity index (χ3v) is 2.21. The lowest BCUT2D eigenvalue weighted by molar-refractivity contribution is -0.121. The van der Waals surface area contributed by atoms with Gasteiger partial charge < -0.3 is 16.4 Å². The number of nitrogens with one attached hydrogen (secondary N) is 2. The van der Waals surface area contributed by atoms with E-state index in [-0.39, 0.29) is 17.9 Å². The van der Waals surface area contributed by atoms with Crippen LogP contribution in [0, 0.1) is 0 Å². The van der Waals surface area contributed by atoms with Crippen molar-refractivity contribution in [2.24, 2.45) is 0 Å². The Hall–Kier alpha value is -1.37. The smallest absolute Gasteiger partial charge is 0.233 e. The van der Waals surface area contributed by atoms with Crippen LogP contribution in [0.4, 0.5) is 11.1 Å². The van der Waals surface area contributed by atoms with Gasteiger partial charge in [0.05, 0.1) is 0 Å². The van der Waals surface area contributed by atoms with Gasteiger partial charge in [0.2, 0.25) is 17.0 Å². The predicted octanol–water partition coefficient (Wildman–Crippen LogP) is 0.447. The molecule has 0 aliphatic rings. The molecule has 0 spiro atoms. The van der Waals surface area contributed by atoms with Gasteiger partial charge in [-0.15, -0.1) is 0 Å². The predicted molar refractivity (Wildman–Crippen MR) is 60.7 cm³/mol. The number of nitrogens with zero attached hydrogens (tertiary/aromatic N) is 2. The van der Waals surface area contributed by atoms with E-state index in [9.17, 15) is 4.79 Å². The van der Waals surface area contributed by atoms with Crippen LogP contribution in [0.1, 0.15) is 20.3 Å². The number of anilines is 2. The summed E-state index contributed by atoms with van der Waals surface area (Å²) in [6.07, 6.45) is 0.414. The second-order valence-electron chi connectivity index (χ2n) is 3.36. The summed E-state index contributed by atoms with van der Waals surface area (Å²) in [4.78, 5) is 15.2. The third kappa shape index (κ3) is 4.59. The highest BCUT2D eigenvalue weighted by atomic mass is 32.1. The van der Waals surface area contributed by atoms with E-state index < -0.39 is 0 Å². The van der Waals surface area contributed by atoms with Gasteiger partial charge in [-0.25, -0.2) is 0 Å². The molecule has 0 aliphatic heterocycles. The van der Waals surface area contributed by atoms with E-state index in [0.29, 0.717) is 18.1 Å². The van der Waals surface area contributed by atoms with Crippen molar-refractivity contribution in [1.82, 2.24) is 14.7 Å². The molecule has 0 saturated heterocycles. The maximum absolute atomic E-state index is 11.2. The summed E-state index contributed by atoms with van der Waals surface area (Å²) >= 11 is 1.19. The van der Waals surface area contributed by atoms with E-state index in [2.05, 4.69) is 20.0 Å². The topological polar surface area (TPSA) is 92.9 Å². The van der Waals surface area contributed by atoms with E-state index in [1.165, 1.54) is 11.5 Å². The lowest BCUT2D eigenvalue weighted by Crippen LogP contribution is -2.31. The van der Waals surface area contributed by atoms with Gasteiger partial charge >= 0.3 is 0 Å². The lowest BCUT2D eigenvalue weighted by atomic mass is 10.3. The number of carbonyl (C=O) groups excluding carboxylic acids is 1. The van der Waals surface area contributed by atoms with E-state index in [0.717, 1.165) is 0 Å². The number of hydrogen-bond donors (Lipinski definition) is 3. The van der Waals surface area contributed by atoms with Gasteiger partial charge in [-0.2, -0.15) is 9.36 Å². The summed E-state index contributed by atoms with van der Waals surface area (Å²) in [5.41, 5.74) is 5.34. The molecule has 7 heteroatoms. The number of nitrogen functional groups attached to an aromatic ring is 1. The highest BCUT2D eigenvalue weighted by Gasteiger charge is 2.04. The molecule has 0 fully saturated rings. The first kappa shape index (κ1) is 11.7. The molecular weight excluding hydrogens is 214 g/mol. The Morgan fingerprint density at radius 3 is 2.87 bits per heavy atom. The molecule has 84 valence electrons. The van der Waals surface area contributed by atoms with Gasteiger partial charge in [-0.3, -0.25) is 4.79 Å². The van der Waals surface area contributed by atoms with Crippen LogP contribution in [-0.2, 0) is 4.79 Å². The average Bonchev–Trinajstić information content (AvgIpc) is 2.50. The summed E-state index contributed by atoms with van der Waals surface area (Å²) in [5, 5.41) is 6.42. The van der Waals surface area contributed by atoms with Gasteiger partial charge in [-0.1, -0.05) is 0 Å². The summed E-state index contributed by atoms with van der Waals surface area (Å²) < 4.78 is 3.81. The zero-order chi connectivity index (χ0) is 11.3.